The van der Waals surface area contributed by atoms with E-state index in [9.17, 15) is 18.0 Å². The van der Waals surface area contributed by atoms with Crippen LogP contribution in [0.5, 0.6) is 5.75 Å². The molecule has 0 aliphatic heterocycles. The number of halogens is 3. The zero-order valence-corrected chi connectivity index (χ0v) is 21.5. The zero-order chi connectivity index (χ0) is 28.2. The van der Waals surface area contributed by atoms with Crippen LogP contribution in [0.25, 0.3) is 11.4 Å². The number of para-hydroxylation sites is 1. The fraction of sp³-hybridized carbons (Fsp3) is 0.280. The number of carbonyl (C=O) groups excluding carboxylic acids is 1. The molecule has 11 nitrogen and oxygen atoms in total. The molecule has 0 saturated heterocycles. The number of ether oxygens (including phenoxy) is 1. The van der Waals surface area contributed by atoms with Gasteiger partial charge in [-0.1, -0.05) is 13.0 Å². The number of aryl methyl sites for hydroxylation is 1. The average Bonchev–Trinajstić information content (AvgIpc) is 3.35. The van der Waals surface area contributed by atoms with Crippen LogP contribution in [0.3, 0.4) is 0 Å². The molecular weight excluding hydrogens is 515 g/mol. The lowest BCUT2D eigenvalue weighted by molar-refractivity contribution is -0.157. The summed E-state index contributed by atoms with van der Waals surface area (Å²) in [4.78, 5) is 29.2. The third-order valence-corrected chi connectivity index (χ3v) is 5.69. The Morgan fingerprint density at radius 2 is 1.82 bits per heavy atom. The number of ketones is 1. The van der Waals surface area contributed by atoms with E-state index in [1.807, 2.05) is 6.07 Å². The van der Waals surface area contributed by atoms with Crippen LogP contribution in [-0.4, -0.2) is 55.8 Å². The molecule has 0 fully saturated rings. The van der Waals surface area contributed by atoms with Crippen LogP contribution in [0.15, 0.2) is 49.2 Å². The molecule has 0 saturated carbocycles. The number of Topliss-reactive ketones (excluding diaryl/α,β-unsaturated/α-hetero) is 1. The highest BCUT2D eigenvalue weighted by Crippen LogP contribution is 2.37. The number of rotatable bonds is 10. The van der Waals surface area contributed by atoms with Crippen molar-refractivity contribution in [3.8, 4) is 17.1 Å². The lowest BCUT2D eigenvalue weighted by Crippen LogP contribution is -2.32. The molecular formula is C25H26F3N9O2. The van der Waals surface area contributed by atoms with Crippen LogP contribution in [0.2, 0.25) is 0 Å². The summed E-state index contributed by atoms with van der Waals surface area (Å²) in [6.45, 7) is 1.74. The zero-order valence-electron chi connectivity index (χ0n) is 21.5. The minimum atomic E-state index is -4.52. The van der Waals surface area contributed by atoms with Crippen LogP contribution >= 0.6 is 0 Å². The monoisotopic (exact) mass is 541 g/mol. The van der Waals surface area contributed by atoms with Crippen molar-refractivity contribution in [2.24, 2.45) is 7.05 Å². The van der Waals surface area contributed by atoms with Crippen LogP contribution < -0.4 is 20.7 Å². The molecule has 0 aliphatic rings. The second-order valence-corrected chi connectivity index (χ2v) is 8.36. The number of aromatic nitrogens is 6. The van der Waals surface area contributed by atoms with Crippen molar-refractivity contribution in [1.82, 2.24) is 35.0 Å². The molecule has 3 heterocycles. The summed E-state index contributed by atoms with van der Waals surface area (Å²) in [5.74, 6) is 1.25. The van der Waals surface area contributed by atoms with Gasteiger partial charge in [0, 0.05) is 25.7 Å². The van der Waals surface area contributed by atoms with Gasteiger partial charge in [-0.3, -0.25) is 14.5 Å². The number of methoxy groups -OCH3 is 1. The molecule has 0 bridgehead atoms. The highest BCUT2D eigenvalue weighted by atomic mass is 19.4. The molecule has 3 N–H and O–H groups in total. The Balaban J connectivity index is 1.65. The standard InChI is InChI=1S/C25H26F3N9O2/c1-5-19(38)15-10-31-20(35-21-12-30-18(11-32-21)23(29-2)25(26,27)28)9-17(15)34-16-8-6-7-14(22(16)39-4)24-33-13-37(3)36-24/h6-13,23,29H,5H2,1-4H3,(H2,31,32,34,35). The van der Waals surface area contributed by atoms with E-state index >= 15 is 0 Å². The first-order valence-corrected chi connectivity index (χ1v) is 11.8. The van der Waals surface area contributed by atoms with E-state index in [0.29, 0.717) is 34.1 Å². The number of benzene rings is 1. The van der Waals surface area contributed by atoms with Crippen molar-refractivity contribution < 1.29 is 22.7 Å². The Labute approximate surface area is 221 Å². The van der Waals surface area contributed by atoms with Gasteiger partial charge in [0.25, 0.3) is 0 Å². The molecule has 39 heavy (non-hydrogen) atoms. The Kier molecular flexibility index (Phi) is 8.04. The first-order chi connectivity index (χ1) is 18.6. The fourth-order valence-corrected chi connectivity index (χ4v) is 3.84. The van der Waals surface area contributed by atoms with Gasteiger partial charge in [-0.15, -0.1) is 0 Å². The van der Waals surface area contributed by atoms with E-state index in [0.717, 1.165) is 6.20 Å². The third kappa shape index (κ3) is 6.12. The summed E-state index contributed by atoms with van der Waals surface area (Å²) in [6.07, 6.45) is 0.926. The van der Waals surface area contributed by atoms with E-state index in [1.165, 1.54) is 26.6 Å². The highest BCUT2D eigenvalue weighted by Gasteiger charge is 2.40. The molecule has 1 atom stereocenters. The lowest BCUT2D eigenvalue weighted by atomic mass is 10.1. The normalized spacial score (nSPS) is 12.2. The maximum Gasteiger partial charge on any atom is 0.409 e. The van der Waals surface area contributed by atoms with Crippen molar-refractivity contribution in [2.45, 2.75) is 25.6 Å². The highest BCUT2D eigenvalue weighted by molar-refractivity contribution is 6.02. The summed E-state index contributed by atoms with van der Waals surface area (Å²) >= 11 is 0. The summed E-state index contributed by atoms with van der Waals surface area (Å²) < 4.78 is 46.8. The summed E-state index contributed by atoms with van der Waals surface area (Å²) in [6, 6.07) is 5.04. The van der Waals surface area contributed by atoms with Crippen molar-refractivity contribution >= 4 is 28.8 Å². The summed E-state index contributed by atoms with van der Waals surface area (Å²) in [7, 11) is 4.47. The molecule has 4 aromatic rings. The van der Waals surface area contributed by atoms with Crippen LogP contribution in [0.4, 0.5) is 36.2 Å². The number of carbonyl (C=O) groups is 1. The molecule has 0 amide bonds. The molecule has 3 aromatic heterocycles. The Bertz CT molecular complexity index is 1460. The quantitative estimate of drug-likeness (QED) is 0.245. The van der Waals surface area contributed by atoms with Gasteiger partial charge >= 0.3 is 6.18 Å². The maximum atomic E-state index is 13.2. The van der Waals surface area contributed by atoms with Crippen LogP contribution in [-0.2, 0) is 7.05 Å². The number of hydrogen-bond donors (Lipinski definition) is 3. The summed E-state index contributed by atoms with van der Waals surface area (Å²) in [5.41, 5.74) is 1.70. The number of nitrogens with one attached hydrogen (secondary N) is 3. The van der Waals surface area contributed by atoms with Crippen LogP contribution in [0.1, 0.15) is 35.4 Å². The van der Waals surface area contributed by atoms with Gasteiger partial charge in [-0.2, -0.15) is 18.3 Å². The fourth-order valence-electron chi connectivity index (χ4n) is 3.84. The minimum absolute atomic E-state index is 0.146. The Morgan fingerprint density at radius 3 is 2.41 bits per heavy atom. The molecule has 0 radical (unpaired) electrons. The van der Waals surface area contributed by atoms with Gasteiger partial charge in [0.2, 0.25) is 0 Å². The molecule has 204 valence electrons. The van der Waals surface area contributed by atoms with Gasteiger partial charge in [-0.05, 0) is 19.2 Å². The van der Waals surface area contributed by atoms with Gasteiger partial charge in [0.05, 0.1) is 47.7 Å². The van der Waals surface area contributed by atoms with E-state index in [1.54, 1.807) is 43.2 Å². The van der Waals surface area contributed by atoms with E-state index < -0.39 is 12.2 Å². The predicted molar refractivity (Wildman–Crippen MR) is 138 cm³/mol. The second-order valence-electron chi connectivity index (χ2n) is 8.36. The number of nitrogens with zero attached hydrogens (tertiary/aromatic N) is 6. The molecule has 14 heteroatoms. The van der Waals surface area contributed by atoms with Crippen molar-refractivity contribution in [3.63, 3.8) is 0 Å². The largest absolute Gasteiger partial charge is 0.494 e. The van der Waals surface area contributed by atoms with E-state index in [2.05, 4.69) is 41.0 Å². The smallest absolute Gasteiger partial charge is 0.409 e. The van der Waals surface area contributed by atoms with Crippen molar-refractivity contribution in [2.75, 3.05) is 24.8 Å². The van der Waals surface area contributed by atoms with Crippen molar-refractivity contribution in [3.05, 3.63) is 60.4 Å². The van der Waals surface area contributed by atoms with Crippen LogP contribution in [0, 0.1) is 0 Å². The first kappa shape index (κ1) is 27.4. The van der Waals surface area contributed by atoms with Crippen molar-refractivity contribution in [1.29, 1.82) is 0 Å². The summed E-state index contributed by atoms with van der Waals surface area (Å²) in [5, 5.41) is 12.7. The number of pyridine rings is 1. The minimum Gasteiger partial charge on any atom is -0.494 e. The molecule has 0 aliphatic carbocycles. The number of anilines is 4. The van der Waals surface area contributed by atoms with Gasteiger partial charge < -0.3 is 20.7 Å². The van der Waals surface area contributed by atoms with Gasteiger partial charge in [-0.25, -0.2) is 15.0 Å². The molecule has 0 spiro atoms. The topological polar surface area (TPSA) is 132 Å². The molecule has 4 rings (SSSR count). The Morgan fingerprint density at radius 1 is 1.05 bits per heavy atom. The van der Waals surface area contributed by atoms with Gasteiger partial charge in [0.15, 0.2) is 17.4 Å². The van der Waals surface area contributed by atoms with E-state index in [4.69, 9.17) is 4.74 Å². The molecule has 1 aromatic carbocycles. The van der Waals surface area contributed by atoms with E-state index in [-0.39, 0.29) is 29.5 Å². The first-order valence-electron chi connectivity index (χ1n) is 11.8. The Hall–Kier alpha value is -4.59. The molecule has 1 unspecified atom stereocenters. The van der Waals surface area contributed by atoms with Gasteiger partial charge in [0.1, 0.15) is 24.0 Å². The SMILES string of the molecule is CCC(=O)c1cnc(Nc2cnc(C(NC)C(F)(F)F)cn2)cc1Nc1cccc(-c2ncn(C)n2)c1OC. The second kappa shape index (κ2) is 11.4. The predicted octanol–water partition coefficient (Wildman–Crippen LogP) is 4.58. The lowest BCUT2D eigenvalue weighted by Gasteiger charge is -2.19. The average molecular weight is 542 g/mol. The number of hydrogen-bond acceptors (Lipinski definition) is 10. The number of alkyl halides is 3. The third-order valence-electron chi connectivity index (χ3n) is 5.69. The maximum absolute atomic E-state index is 13.2.